The summed E-state index contributed by atoms with van der Waals surface area (Å²) in [6.45, 7) is 1.86. The third-order valence-corrected chi connectivity index (χ3v) is 7.46. The van der Waals surface area contributed by atoms with Crippen molar-refractivity contribution in [2.24, 2.45) is 4.99 Å². The van der Waals surface area contributed by atoms with Gasteiger partial charge in [0.05, 0.1) is 25.4 Å². The summed E-state index contributed by atoms with van der Waals surface area (Å²) in [7, 11) is 1.31. The Morgan fingerprint density at radius 3 is 2.82 bits per heavy atom. The Bertz CT molecular complexity index is 1270. The monoisotopic (exact) mass is 580 g/mol. The van der Waals surface area contributed by atoms with Crippen LogP contribution >= 0.6 is 34.5 Å². The van der Waals surface area contributed by atoms with Gasteiger partial charge in [-0.2, -0.15) is 0 Å². The number of aliphatic imine (C=N–C) groups is 1. The third-order valence-electron chi connectivity index (χ3n) is 6.12. The summed E-state index contributed by atoms with van der Waals surface area (Å²) in [5.41, 5.74) is 1.51. The van der Waals surface area contributed by atoms with Crippen molar-refractivity contribution in [3.8, 4) is 0 Å². The molecule has 1 fully saturated rings. The van der Waals surface area contributed by atoms with Crippen LogP contribution < -0.4 is 5.32 Å². The number of aliphatic carboxylic acids is 1. The smallest absolute Gasteiger partial charge is 0.338 e. The number of nitrogens with zero attached hydrogens (tertiary/aromatic N) is 3. The Morgan fingerprint density at radius 2 is 2.13 bits per heavy atom. The molecule has 2 aliphatic heterocycles. The van der Waals surface area contributed by atoms with Gasteiger partial charge in [0.25, 0.3) is 0 Å². The molecule has 2 aromatic rings. The number of rotatable bonds is 10. The zero-order chi connectivity index (χ0) is 27.2. The summed E-state index contributed by atoms with van der Waals surface area (Å²) < 4.78 is 11.0. The number of morpholine rings is 1. The second-order valence-corrected chi connectivity index (χ2v) is 10.5. The summed E-state index contributed by atoms with van der Waals surface area (Å²) in [4.78, 5) is 47.0. The van der Waals surface area contributed by atoms with Gasteiger partial charge in [-0.25, -0.2) is 9.78 Å². The van der Waals surface area contributed by atoms with Crippen LogP contribution in [0.1, 0.15) is 35.9 Å². The van der Waals surface area contributed by atoms with Crippen molar-refractivity contribution < 1.29 is 29.0 Å². The number of hydrogen-bond acceptors (Lipinski definition) is 10. The van der Waals surface area contributed by atoms with Crippen molar-refractivity contribution >= 4 is 58.1 Å². The standard InChI is InChI=1S/C25H26Cl2N4O6S/c1-36-25(35)21-19(13-31-7-8-37-16(12-31)4-3-15(32)11-20(33)34)29-23(24-28-6-9-38-24)30-22(21)17-5-2-14(26)10-18(17)27/h2,5-6,9-10,16,22H,3-4,7-8,11-13H2,1H3,(H,29,30)(H,33,34)/t16-,22+/m1/s1. The molecule has 0 bridgehead atoms. The molecule has 0 spiro atoms. The van der Waals surface area contributed by atoms with Crippen LogP contribution in [0.25, 0.3) is 0 Å². The largest absolute Gasteiger partial charge is 0.481 e. The van der Waals surface area contributed by atoms with E-state index in [1.165, 1.54) is 18.4 Å². The predicted molar refractivity (Wildman–Crippen MR) is 143 cm³/mol. The fourth-order valence-corrected chi connectivity index (χ4v) is 5.47. The van der Waals surface area contributed by atoms with Crippen molar-refractivity contribution in [1.29, 1.82) is 0 Å². The molecule has 10 nitrogen and oxygen atoms in total. The lowest BCUT2D eigenvalue weighted by atomic mass is 9.95. The van der Waals surface area contributed by atoms with E-state index < -0.39 is 24.4 Å². The molecule has 2 aliphatic rings. The lowest BCUT2D eigenvalue weighted by Gasteiger charge is -2.35. The molecule has 0 aliphatic carbocycles. The minimum atomic E-state index is -1.14. The molecular formula is C25H26Cl2N4O6S. The van der Waals surface area contributed by atoms with E-state index in [1.807, 2.05) is 5.38 Å². The minimum absolute atomic E-state index is 0.122. The zero-order valence-corrected chi connectivity index (χ0v) is 22.8. The first-order valence-electron chi connectivity index (χ1n) is 11.8. The number of Topliss-reactive ketones (excluding diaryl/α,β-unsaturated/α-hetero) is 1. The Kier molecular flexibility index (Phi) is 9.50. The molecule has 0 amide bonds. The third kappa shape index (κ3) is 6.97. The highest BCUT2D eigenvalue weighted by Crippen LogP contribution is 2.37. The number of nitrogens with one attached hydrogen (secondary N) is 1. The molecule has 1 aromatic carbocycles. The van der Waals surface area contributed by atoms with Crippen molar-refractivity contribution in [3.05, 3.63) is 61.7 Å². The number of thiazole rings is 1. The van der Waals surface area contributed by atoms with E-state index in [4.69, 9.17) is 42.8 Å². The van der Waals surface area contributed by atoms with Crippen molar-refractivity contribution in [3.63, 3.8) is 0 Å². The van der Waals surface area contributed by atoms with E-state index in [1.54, 1.807) is 24.4 Å². The van der Waals surface area contributed by atoms with Gasteiger partial charge in [0.1, 0.15) is 18.2 Å². The van der Waals surface area contributed by atoms with Gasteiger partial charge in [0.15, 0.2) is 10.8 Å². The number of ketones is 1. The van der Waals surface area contributed by atoms with Gasteiger partial charge in [-0.05, 0) is 18.6 Å². The Labute approximate surface area is 233 Å². The van der Waals surface area contributed by atoms with E-state index in [0.29, 0.717) is 70.4 Å². The van der Waals surface area contributed by atoms with Crippen LogP contribution in [-0.4, -0.2) is 78.0 Å². The van der Waals surface area contributed by atoms with Gasteiger partial charge in [-0.3, -0.25) is 19.5 Å². The maximum Gasteiger partial charge on any atom is 0.338 e. The number of aromatic nitrogens is 1. The second kappa shape index (κ2) is 12.8. The number of carboxylic acid groups (broad SMARTS) is 1. The Balaban J connectivity index is 1.62. The number of halogens is 2. The maximum atomic E-state index is 13.1. The van der Waals surface area contributed by atoms with E-state index in [2.05, 4.69) is 15.2 Å². The fourth-order valence-electron chi connectivity index (χ4n) is 4.37. The van der Waals surface area contributed by atoms with E-state index in [-0.39, 0.29) is 18.3 Å². The number of esters is 1. The van der Waals surface area contributed by atoms with Gasteiger partial charge in [0.2, 0.25) is 0 Å². The Hall–Kier alpha value is -2.83. The summed E-state index contributed by atoms with van der Waals surface area (Å²) in [6.07, 6.45) is 1.46. The SMILES string of the molecule is COC(=O)C1=C(CN2CCO[C@H](CCC(=O)CC(=O)O)C2)NC(c2nccs2)=N[C@H]1c1ccc(Cl)cc1Cl. The van der Waals surface area contributed by atoms with Gasteiger partial charge < -0.3 is 19.9 Å². The molecule has 4 rings (SSSR count). The molecule has 38 heavy (non-hydrogen) atoms. The van der Waals surface area contributed by atoms with Gasteiger partial charge in [0, 0.05) is 58.9 Å². The molecule has 0 saturated carbocycles. The highest BCUT2D eigenvalue weighted by molar-refractivity contribution is 7.11. The van der Waals surface area contributed by atoms with Gasteiger partial charge in [-0.15, -0.1) is 11.3 Å². The average Bonchev–Trinajstić information content (AvgIpc) is 3.42. The number of ether oxygens (including phenoxy) is 2. The summed E-state index contributed by atoms with van der Waals surface area (Å²) >= 11 is 14.1. The lowest BCUT2D eigenvalue weighted by molar-refractivity contribution is -0.140. The highest BCUT2D eigenvalue weighted by atomic mass is 35.5. The van der Waals surface area contributed by atoms with Crippen molar-refractivity contribution in [1.82, 2.24) is 15.2 Å². The topological polar surface area (TPSA) is 130 Å². The van der Waals surface area contributed by atoms with Crippen LogP contribution in [0.4, 0.5) is 0 Å². The Morgan fingerprint density at radius 1 is 1.32 bits per heavy atom. The lowest BCUT2D eigenvalue weighted by Crippen LogP contribution is -2.46. The molecule has 0 radical (unpaired) electrons. The predicted octanol–water partition coefficient (Wildman–Crippen LogP) is 3.49. The molecule has 2 atom stereocenters. The summed E-state index contributed by atoms with van der Waals surface area (Å²) in [5.74, 6) is -1.52. The highest BCUT2D eigenvalue weighted by Gasteiger charge is 2.35. The minimum Gasteiger partial charge on any atom is -0.481 e. The summed E-state index contributed by atoms with van der Waals surface area (Å²) in [6, 6.07) is 4.28. The average molecular weight is 581 g/mol. The number of benzene rings is 1. The number of carbonyl (C=O) groups is 3. The number of hydrogen-bond donors (Lipinski definition) is 2. The van der Waals surface area contributed by atoms with Crippen LogP contribution in [0.15, 0.2) is 46.0 Å². The zero-order valence-electron chi connectivity index (χ0n) is 20.5. The first-order valence-corrected chi connectivity index (χ1v) is 13.5. The fraction of sp³-hybridized carbons (Fsp3) is 0.400. The van der Waals surface area contributed by atoms with Crippen LogP contribution in [0.3, 0.4) is 0 Å². The van der Waals surface area contributed by atoms with Crippen LogP contribution in [0.2, 0.25) is 10.0 Å². The molecule has 13 heteroatoms. The van der Waals surface area contributed by atoms with E-state index in [0.717, 1.165) is 0 Å². The number of amidine groups is 1. The van der Waals surface area contributed by atoms with Crippen molar-refractivity contribution in [2.45, 2.75) is 31.4 Å². The first kappa shape index (κ1) is 28.2. The molecule has 1 saturated heterocycles. The van der Waals surface area contributed by atoms with Crippen LogP contribution in [0.5, 0.6) is 0 Å². The quantitative estimate of drug-likeness (QED) is 0.320. The second-order valence-electron chi connectivity index (χ2n) is 8.77. The molecular weight excluding hydrogens is 555 g/mol. The van der Waals surface area contributed by atoms with Gasteiger partial charge in [-0.1, -0.05) is 29.3 Å². The summed E-state index contributed by atoms with van der Waals surface area (Å²) in [5, 5.41) is 15.4. The normalized spacial score (nSPS) is 20.0. The molecule has 2 N–H and O–H groups in total. The van der Waals surface area contributed by atoms with Gasteiger partial charge >= 0.3 is 11.9 Å². The van der Waals surface area contributed by atoms with Crippen molar-refractivity contribution in [2.75, 3.05) is 33.4 Å². The van der Waals surface area contributed by atoms with E-state index >= 15 is 0 Å². The molecule has 0 unspecified atom stereocenters. The maximum absolute atomic E-state index is 13.1. The number of carbonyl (C=O) groups excluding carboxylic acids is 2. The first-order chi connectivity index (χ1) is 18.2. The van der Waals surface area contributed by atoms with E-state index in [9.17, 15) is 14.4 Å². The molecule has 3 heterocycles. The number of carboxylic acids is 1. The number of methoxy groups -OCH3 is 1. The van der Waals surface area contributed by atoms with Crippen LogP contribution in [0, 0.1) is 0 Å². The van der Waals surface area contributed by atoms with Crippen LogP contribution in [-0.2, 0) is 23.9 Å². The molecule has 202 valence electrons. The molecule has 1 aromatic heterocycles.